The van der Waals surface area contributed by atoms with Crippen molar-refractivity contribution < 1.29 is 9.53 Å². The zero-order chi connectivity index (χ0) is 17.1. The number of nitrogens with zero attached hydrogens (tertiary/aromatic N) is 4. The Morgan fingerprint density at radius 3 is 2.88 bits per heavy atom. The Labute approximate surface area is 140 Å². The van der Waals surface area contributed by atoms with Crippen molar-refractivity contribution in [3.05, 3.63) is 41.9 Å². The third-order valence-electron chi connectivity index (χ3n) is 3.84. The number of carbonyl (C=O) groups excluding carboxylic acids is 1. The third-order valence-corrected chi connectivity index (χ3v) is 3.84. The number of rotatable bonds is 6. The normalized spacial score (nSPS) is 11.1. The summed E-state index contributed by atoms with van der Waals surface area (Å²) in [6, 6.07) is 7.54. The van der Waals surface area contributed by atoms with Gasteiger partial charge in [-0.25, -0.2) is 0 Å². The van der Waals surface area contributed by atoms with Gasteiger partial charge in [0, 0.05) is 24.7 Å². The fourth-order valence-corrected chi connectivity index (χ4v) is 2.67. The maximum Gasteiger partial charge on any atom is 0.273 e. The summed E-state index contributed by atoms with van der Waals surface area (Å²) in [5.41, 5.74) is 3.08. The predicted molar refractivity (Wildman–Crippen MR) is 92.2 cm³/mol. The van der Waals surface area contributed by atoms with Gasteiger partial charge in [-0.3, -0.25) is 14.2 Å². The van der Waals surface area contributed by atoms with Gasteiger partial charge < -0.3 is 10.1 Å². The van der Waals surface area contributed by atoms with E-state index in [1.165, 1.54) is 0 Å². The number of hydrogen-bond donors (Lipinski definition) is 1. The van der Waals surface area contributed by atoms with Crippen LogP contribution in [0.5, 0.6) is 0 Å². The lowest BCUT2D eigenvalue weighted by Crippen LogP contribution is -2.17. The summed E-state index contributed by atoms with van der Waals surface area (Å²) < 4.78 is 8.67. The number of methoxy groups -OCH3 is 1. The van der Waals surface area contributed by atoms with E-state index >= 15 is 0 Å². The summed E-state index contributed by atoms with van der Waals surface area (Å²) in [6.07, 6.45) is 1.81. The highest BCUT2D eigenvalue weighted by atomic mass is 16.5. The molecule has 7 nitrogen and oxygen atoms in total. The Morgan fingerprint density at radius 2 is 2.12 bits per heavy atom. The summed E-state index contributed by atoms with van der Waals surface area (Å²) in [5.74, 6) is -0.167. The number of fused-ring (bicyclic) bond motifs is 1. The van der Waals surface area contributed by atoms with Crippen molar-refractivity contribution in [1.29, 1.82) is 0 Å². The van der Waals surface area contributed by atoms with Gasteiger partial charge in [0.2, 0.25) is 0 Å². The maximum absolute atomic E-state index is 12.5. The monoisotopic (exact) mass is 327 g/mol. The van der Waals surface area contributed by atoms with E-state index in [1.54, 1.807) is 17.9 Å². The van der Waals surface area contributed by atoms with E-state index in [0.717, 1.165) is 22.3 Å². The van der Waals surface area contributed by atoms with Crippen molar-refractivity contribution >= 4 is 22.5 Å². The lowest BCUT2D eigenvalue weighted by Gasteiger charge is -2.08. The second kappa shape index (κ2) is 6.84. The molecule has 3 rings (SSSR count). The van der Waals surface area contributed by atoms with Crippen LogP contribution in [0.2, 0.25) is 0 Å². The standard InChI is InChI=1S/C17H21N5O2/c1-4-21-16(9-12(2)20-21)17(23)19-14-6-5-13-11-18-22(7-8-24-3)15(13)10-14/h5-6,9-11H,4,7-8H2,1-3H3,(H,19,23). The van der Waals surface area contributed by atoms with E-state index in [1.807, 2.05) is 42.9 Å². The SMILES string of the molecule is CCn1nc(C)cc1C(=O)Nc1ccc2cnn(CCOC)c2c1. The van der Waals surface area contributed by atoms with E-state index in [-0.39, 0.29) is 5.91 Å². The first-order valence-electron chi connectivity index (χ1n) is 7.92. The summed E-state index contributed by atoms with van der Waals surface area (Å²) >= 11 is 0. The first-order valence-corrected chi connectivity index (χ1v) is 7.92. The van der Waals surface area contributed by atoms with Gasteiger partial charge in [-0.05, 0) is 38.1 Å². The van der Waals surface area contributed by atoms with E-state index in [0.29, 0.717) is 25.4 Å². The van der Waals surface area contributed by atoms with Gasteiger partial charge in [0.05, 0.1) is 30.6 Å². The Hall–Kier alpha value is -2.67. The van der Waals surface area contributed by atoms with Crippen LogP contribution in [0.15, 0.2) is 30.5 Å². The van der Waals surface area contributed by atoms with E-state index in [9.17, 15) is 4.79 Å². The van der Waals surface area contributed by atoms with Crippen molar-refractivity contribution in [3.63, 3.8) is 0 Å². The average molecular weight is 327 g/mol. The van der Waals surface area contributed by atoms with Crippen LogP contribution >= 0.6 is 0 Å². The molecule has 3 aromatic rings. The predicted octanol–water partition coefficient (Wildman–Crippen LogP) is 2.46. The smallest absolute Gasteiger partial charge is 0.273 e. The molecular weight excluding hydrogens is 306 g/mol. The molecule has 2 aromatic heterocycles. The minimum absolute atomic E-state index is 0.167. The Bertz CT molecular complexity index is 865. The number of carbonyl (C=O) groups is 1. The molecule has 0 saturated carbocycles. The molecule has 0 fully saturated rings. The van der Waals surface area contributed by atoms with Gasteiger partial charge in [0.1, 0.15) is 5.69 Å². The minimum atomic E-state index is -0.167. The van der Waals surface area contributed by atoms with Crippen molar-refractivity contribution in [2.24, 2.45) is 0 Å². The first kappa shape index (κ1) is 16.2. The molecule has 0 saturated heterocycles. The molecule has 0 radical (unpaired) electrons. The summed E-state index contributed by atoms with van der Waals surface area (Å²) in [6.45, 7) is 5.74. The number of ether oxygens (including phenoxy) is 1. The molecule has 24 heavy (non-hydrogen) atoms. The second-order valence-electron chi connectivity index (χ2n) is 5.57. The lowest BCUT2D eigenvalue weighted by molar-refractivity contribution is 0.101. The molecule has 1 N–H and O–H groups in total. The van der Waals surface area contributed by atoms with Crippen LogP contribution in [0, 0.1) is 6.92 Å². The van der Waals surface area contributed by atoms with Gasteiger partial charge in [-0.1, -0.05) is 0 Å². The van der Waals surface area contributed by atoms with Gasteiger partial charge >= 0.3 is 0 Å². The molecule has 0 aliphatic heterocycles. The topological polar surface area (TPSA) is 74.0 Å². The molecule has 0 bridgehead atoms. The van der Waals surface area contributed by atoms with Crippen molar-refractivity contribution in [3.8, 4) is 0 Å². The van der Waals surface area contributed by atoms with Crippen LogP contribution < -0.4 is 5.32 Å². The van der Waals surface area contributed by atoms with E-state index in [4.69, 9.17) is 4.74 Å². The fourth-order valence-electron chi connectivity index (χ4n) is 2.67. The van der Waals surface area contributed by atoms with Crippen molar-refractivity contribution in [2.45, 2.75) is 26.9 Å². The molecule has 0 spiro atoms. The molecule has 126 valence electrons. The number of hydrogen-bond acceptors (Lipinski definition) is 4. The largest absolute Gasteiger partial charge is 0.383 e. The molecular formula is C17H21N5O2. The van der Waals surface area contributed by atoms with Gasteiger partial charge in [0.15, 0.2) is 0 Å². The maximum atomic E-state index is 12.5. The molecule has 7 heteroatoms. The highest BCUT2D eigenvalue weighted by Gasteiger charge is 2.14. The van der Waals surface area contributed by atoms with Crippen LogP contribution in [-0.4, -0.2) is 39.2 Å². The van der Waals surface area contributed by atoms with Crippen LogP contribution in [0.3, 0.4) is 0 Å². The number of nitrogens with one attached hydrogen (secondary N) is 1. The van der Waals surface area contributed by atoms with E-state index < -0.39 is 0 Å². The number of anilines is 1. The number of benzene rings is 1. The Kier molecular flexibility index (Phi) is 4.61. The number of aryl methyl sites for hydroxylation is 2. The van der Waals surface area contributed by atoms with Crippen LogP contribution in [-0.2, 0) is 17.8 Å². The number of amides is 1. The molecule has 1 amide bonds. The zero-order valence-corrected chi connectivity index (χ0v) is 14.1. The Morgan fingerprint density at radius 1 is 1.29 bits per heavy atom. The van der Waals surface area contributed by atoms with Crippen molar-refractivity contribution in [2.75, 3.05) is 19.0 Å². The van der Waals surface area contributed by atoms with Gasteiger partial charge in [-0.2, -0.15) is 10.2 Å². The summed E-state index contributed by atoms with van der Waals surface area (Å²) in [7, 11) is 1.66. The average Bonchev–Trinajstić information content (AvgIpc) is 3.15. The molecule has 0 unspecified atom stereocenters. The zero-order valence-electron chi connectivity index (χ0n) is 14.1. The van der Waals surface area contributed by atoms with Crippen LogP contribution in [0.25, 0.3) is 10.9 Å². The second-order valence-corrected chi connectivity index (χ2v) is 5.57. The molecule has 0 aliphatic carbocycles. The lowest BCUT2D eigenvalue weighted by atomic mass is 10.2. The first-order chi connectivity index (χ1) is 11.6. The van der Waals surface area contributed by atoms with Gasteiger partial charge in [-0.15, -0.1) is 0 Å². The molecule has 0 aliphatic rings. The molecule has 0 atom stereocenters. The van der Waals surface area contributed by atoms with Gasteiger partial charge in [0.25, 0.3) is 5.91 Å². The molecule has 1 aromatic carbocycles. The number of aromatic nitrogens is 4. The Balaban J connectivity index is 1.85. The highest BCUT2D eigenvalue weighted by Crippen LogP contribution is 2.20. The minimum Gasteiger partial charge on any atom is -0.383 e. The van der Waals surface area contributed by atoms with Crippen molar-refractivity contribution in [1.82, 2.24) is 19.6 Å². The molecule has 2 heterocycles. The third kappa shape index (κ3) is 3.16. The summed E-state index contributed by atoms with van der Waals surface area (Å²) in [4.78, 5) is 12.5. The summed E-state index contributed by atoms with van der Waals surface area (Å²) in [5, 5.41) is 12.6. The van der Waals surface area contributed by atoms with E-state index in [2.05, 4.69) is 15.5 Å². The van der Waals surface area contributed by atoms with Crippen LogP contribution in [0.4, 0.5) is 5.69 Å². The quantitative estimate of drug-likeness (QED) is 0.755. The highest BCUT2D eigenvalue weighted by molar-refractivity contribution is 6.04. The van der Waals surface area contributed by atoms with Crippen LogP contribution in [0.1, 0.15) is 23.1 Å². The fraction of sp³-hybridized carbons (Fsp3) is 0.353.